The Kier molecular flexibility index (Phi) is 7.67. The van der Waals surface area contributed by atoms with Crippen molar-refractivity contribution in [3.8, 4) is 23.0 Å². The Morgan fingerprint density at radius 1 is 0.811 bits per heavy atom. The smallest absolute Gasteiger partial charge is 0.295 e. The van der Waals surface area contributed by atoms with E-state index in [9.17, 15) is 14.7 Å². The Labute approximate surface area is 215 Å². The Morgan fingerprint density at radius 3 is 2.16 bits per heavy atom. The van der Waals surface area contributed by atoms with Gasteiger partial charge >= 0.3 is 0 Å². The van der Waals surface area contributed by atoms with Crippen molar-refractivity contribution in [2.75, 3.05) is 35.0 Å². The highest BCUT2D eigenvalue weighted by molar-refractivity contribution is 6.46. The summed E-state index contributed by atoms with van der Waals surface area (Å²) >= 11 is 0. The molecule has 0 unspecified atom stereocenters. The van der Waals surface area contributed by atoms with Crippen molar-refractivity contribution in [2.24, 2.45) is 0 Å². The van der Waals surface area contributed by atoms with Crippen LogP contribution in [0.5, 0.6) is 23.0 Å². The lowest BCUT2D eigenvalue weighted by molar-refractivity contribution is -0.139. The van der Waals surface area contributed by atoms with Gasteiger partial charge in [0.15, 0.2) is 11.5 Å². The molecule has 0 saturated carbocycles. The summed E-state index contributed by atoms with van der Waals surface area (Å²) in [5, 5.41) is 11.3. The van der Waals surface area contributed by atoms with Gasteiger partial charge in [-0.05, 0) is 53.9 Å². The second-order valence-electron chi connectivity index (χ2n) is 8.44. The molecule has 8 nitrogen and oxygen atoms in total. The molecule has 37 heavy (non-hydrogen) atoms. The first kappa shape index (κ1) is 25.6. The van der Waals surface area contributed by atoms with Gasteiger partial charge in [0.25, 0.3) is 11.7 Å². The molecule has 0 aromatic heterocycles. The molecular formula is C29H29NO7. The molecule has 4 rings (SSSR count). The van der Waals surface area contributed by atoms with Gasteiger partial charge in [0, 0.05) is 12.1 Å². The van der Waals surface area contributed by atoms with Gasteiger partial charge in [0.05, 0.1) is 40.1 Å². The van der Waals surface area contributed by atoms with Crippen LogP contribution in [0.25, 0.3) is 5.76 Å². The average Bonchev–Trinajstić information content (AvgIpc) is 3.20. The molecule has 1 aliphatic heterocycles. The summed E-state index contributed by atoms with van der Waals surface area (Å²) in [5.41, 5.74) is 1.99. The van der Waals surface area contributed by atoms with Gasteiger partial charge in [-0.2, -0.15) is 0 Å². The van der Waals surface area contributed by atoms with Crippen LogP contribution in [0.1, 0.15) is 22.7 Å². The summed E-state index contributed by atoms with van der Waals surface area (Å²) in [6, 6.07) is 18.6. The van der Waals surface area contributed by atoms with Gasteiger partial charge in [-0.15, -0.1) is 0 Å². The molecule has 3 aromatic rings. The van der Waals surface area contributed by atoms with Gasteiger partial charge in [-0.1, -0.05) is 30.3 Å². The van der Waals surface area contributed by atoms with E-state index in [-0.39, 0.29) is 17.9 Å². The van der Waals surface area contributed by atoms with Gasteiger partial charge in [0.2, 0.25) is 0 Å². The van der Waals surface area contributed by atoms with Crippen molar-refractivity contribution in [2.45, 2.75) is 12.5 Å². The lowest BCUT2D eigenvalue weighted by Gasteiger charge is -2.25. The summed E-state index contributed by atoms with van der Waals surface area (Å²) in [6.07, 6.45) is 0.458. The summed E-state index contributed by atoms with van der Waals surface area (Å²) in [6.45, 7) is 0.242. The fourth-order valence-corrected chi connectivity index (χ4v) is 4.45. The number of aliphatic hydroxyl groups is 1. The molecule has 0 aliphatic carbocycles. The Hall–Kier alpha value is -4.46. The molecule has 1 heterocycles. The van der Waals surface area contributed by atoms with Crippen LogP contribution in [0.15, 0.2) is 72.3 Å². The minimum atomic E-state index is -0.780. The number of rotatable bonds is 9. The fraction of sp³-hybridized carbons (Fsp3) is 0.241. The van der Waals surface area contributed by atoms with Crippen LogP contribution in [-0.4, -0.2) is 56.7 Å². The lowest BCUT2D eigenvalue weighted by atomic mass is 9.95. The quantitative estimate of drug-likeness (QED) is 0.263. The molecular weight excluding hydrogens is 474 g/mol. The van der Waals surface area contributed by atoms with E-state index in [2.05, 4.69) is 0 Å². The highest BCUT2D eigenvalue weighted by Gasteiger charge is 2.45. The van der Waals surface area contributed by atoms with Gasteiger partial charge in [-0.3, -0.25) is 9.59 Å². The molecule has 0 spiro atoms. The molecule has 1 amide bonds. The predicted molar refractivity (Wildman–Crippen MR) is 138 cm³/mol. The third kappa shape index (κ3) is 5.09. The van der Waals surface area contributed by atoms with Crippen LogP contribution in [0.2, 0.25) is 0 Å². The SMILES string of the molecule is COc1ccc([C@@H]2C(=C(O)c3cccc(OC)c3)C(=O)C(=O)N2CCc2ccc(OC)c(OC)c2)cc1. The maximum atomic E-state index is 13.3. The number of hydrogen-bond donors (Lipinski definition) is 1. The standard InChI is InChI=1S/C29H29NO7/c1-34-21-11-9-19(10-12-21)26-25(27(31)20-6-5-7-22(17-20)35-2)28(32)29(33)30(26)15-14-18-8-13-23(36-3)24(16-18)37-4/h5-13,16-17,26,31H,14-15H2,1-4H3/t26-/m1/s1. The molecule has 1 atom stereocenters. The zero-order valence-electron chi connectivity index (χ0n) is 21.2. The number of methoxy groups -OCH3 is 4. The fourth-order valence-electron chi connectivity index (χ4n) is 4.45. The van der Waals surface area contributed by atoms with Crippen molar-refractivity contribution < 1.29 is 33.6 Å². The van der Waals surface area contributed by atoms with E-state index in [0.717, 1.165) is 5.56 Å². The second-order valence-corrected chi connectivity index (χ2v) is 8.44. The molecule has 1 saturated heterocycles. The van der Waals surface area contributed by atoms with Crippen LogP contribution in [0, 0.1) is 0 Å². The number of nitrogens with zero attached hydrogens (tertiary/aromatic N) is 1. The van der Waals surface area contributed by atoms with E-state index >= 15 is 0 Å². The summed E-state index contributed by atoms with van der Waals surface area (Å²) < 4.78 is 21.2. The highest BCUT2D eigenvalue weighted by Crippen LogP contribution is 2.40. The van der Waals surface area contributed by atoms with Crippen molar-refractivity contribution in [3.05, 3.63) is 89.0 Å². The lowest BCUT2D eigenvalue weighted by Crippen LogP contribution is -2.31. The van der Waals surface area contributed by atoms with Crippen LogP contribution >= 0.6 is 0 Å². The normalized spacial score (nSPS) is 16.5. The number of carbonyl (C=O) groups is 2. The molecule has 3 aromatic carbocycles. The Bertz CT molecular complexity index is 1330. The molecule has 192 valence electrons. The summed E-state index contributed by atoms with van der Waals surface area (Å²) in [4.78, 5) is 28.0. The number of carbonyl (C=O) groups excluding carboxylic acids is 2. The first-order chi connectivity index (χ1) is 17.9. The number of likely N-dealkylation sites (tertiary alicyclic amines) is 1. The number of amides is 1. The zero-order chi connectivity index (χ0) is 26.5. The summed E-state index contributed by atoms with van der Waals surface area (Å²) in [7, 11) is 6.20. The topological polar surface area (TPSA) is 94.5 Å². The number of aliphatic hydroxyl groups excluding tert-OH is 1. The minimum absolute atomic E-state index is 0.0238. The monoisotopic (exact) mass is 503 g/mol. The zero-order valence-corrected chi connectivity index (χ0v) is 21.2. The average molecular weight is 504 g/mol. The van der Waals surface area contributed by atoms with Crippen molar-refractivity contribution in [3.63, 3.8) is 0 Å². The van der Waals surface area contributed by atoms with Gasteiger partial charge in [-0.25, -0.2) is 0 Å². The first-order valence-electron chi connectivity index (χ1n) is 11.7. The van der Waals surface area contributed by atoms with Crippen molar-refractivity contribution in [1.29, 1.82) is 0 Å². The maximum absolute atomic E-state index is 13.3. The van der Waals surface area contributed by atoms with E-state index in [4.69, 9.17) is 18.9 Å². The second kappa shape index (κ2) is 11.1. The van der Waals surface area contributed by atoms with Crippen molar-refractivity contribution in [1.82, 2.24) is 4.90 Å². The number of hydrogen-bond acceptors (Lipinski definition) is 7. The number of ketones is 1. The van der Waals surface area contributed by atoms with E-state index in [0.29, 0.717) is 40.5 Å². The van der Waals surface area contributed by atoms with Crippen molar-refractivity contribution >= 4 is 17.4 Å². The molecule has 0 bridgehead atoms. The number of benzene rings is 3. The van der Waals surface area contributed by atoms with Gasteiger partial charge in [0.1, 0.15) is 17.3 Å². The van der Waals surface area contributed by atoms with Crippen LogP contribution < -0.4 is 18.9 Å². The Morgan fingerprint density at radius 2 is 1.51 bits per heavy atom. The largest absolute Gasteiger partial charge is 0.507 e. The summed E-state index contributed by atoms with van der Waals surface area (Å²) in [5.74, 6) is 0.660. The Balaban J connectivity index is 1.75. The minimum Gasteiger partial charge on any atom is -0.507 e. The van der Waals surface area contributed by atoms with Crippen LogP contribution in [-0.2, 0) is 16.0 Å². The third-order valence-electron chi connectivity index (χ3n) is 6.40. The first-order valence-corrected chi connectivity index (χ1v) is 11.7. The highest BCUT2D eigenvalue weighted by atomic mass is 16.5. The van der Waals surface area contributed by atoms with E-state index in [1.54, 1.807) is 75.9 Å². The van der Waals surface area contributed by atoms with Crippen LogP contribution in [0.3, 0.4) is 0 Å². The maximum Gasteiger partial charge on any atom is 0.295 e. The molecule has 0 radical (unpaired) electrons. The van der Waals surface area contributed by atoms with E-state index in [1.807, 2.05) is 12.1 Å². The molecule has 1 fully saturated rings. The van der Waals surface area contributed by atoms with Gasteiger partial charge < -0.3 is 29.0 Å². The third-order valence-corrected chi connectivity index (χ3v) is 6.40. The predicted octanol–water partition coefficient (Wildman–Crippen LogP) is 4.39. The molecule has 1 N–H and O–H groups in total. The molecule has 8 heteroatoms. The van der Waals surface area contributed by atoms with E-state index < -0.39 is 17.7 Å². The number of Topliss-reactive ketones (excluding diaryl/α,β-unsaturated/α-hetero) is 1. The van der Waals surface area contributed by atoms with Crippen LogP contribution in [0.4, 0.5) is 0 Å². The van der Waals surface area contributed by atoms with E-state index in [1.165, 1.54) is 12.0 Å². The number of ether oxygens (including phenoxy) is 4. The molecule has 1 aliphatic rings.